The molecule has 4 rings (SSSR count). The average molecular weight is 374 g/mol. The van der Waals surface area contributed by atoms with Gasteiger partial charge in [0.05, 0.1) is 25.6 Å². The lowest BCUT2D eigenvalue weighted by Crippen LogP contribution is -2.30. The summed E-state index contributed by atoms with van der Waals surface area (Å²) in [5, 5.41) is 0. The minimum Gasteiger partial charge on any atom is -0.467 e. The lowest BCUT2D eigenvalue weighted by Gasteiger charge is -2.22. The van der Waals surface area contributed by atoms with Gasteiger partial charge < -0.3 is 18.3 Å². The van der Waals surface area contributed by atoms with E-state index in [0.717, 1.165) is 18.0 Å². The van der Waals surface area contributed by atoms with Crippen molar-refractivity contribution >= 4 is 5.91 Å². The van der Waals surface area contributed by atoms with Gasteiger partial charge in [-0.05, 0) is 48.9 Å². The molecule has 3 aromatic heterocycles. The van der Waals surface area contributed by atoms with Crippen molar-refractivity contribution in [1.82, 2.24) is 9.47 Å². The largest absolute Gasteiger partial charge is 0.467 e. The molecular formula is C23H22N2O3. The fraction of sp³-hybridized carbons (Fsp3) is 0.174. The van der Waals surface area contributed by atoms with Crippen LogP contribution >= 0.6 is 0 Å². The summed E-state index contributed by atoms with van der Waals surface area (Å²) in [5.41, 5.74) is 3.51. The van der Waals surface area contributed by atoms with Gasteiger partial charge in [-0.1, -0.05) is 29.8 Å². The second kappa shape index (κ2) is 8.05. The molecule has 0 aliphatic carbocycles. The number of rotatable bonds is 7. The van der Waals surface area contributed by atoms with Crippen molar-refractivity contribution < 1.29 is 13.6 Å². The number of furan rings is 2. The molecule has 0 fully saturated rings. The van der Waals surface area contributed by atoms with Crippen LogP contribution in [0.3, 0.4) is 0 Å². The van der Waals surface area contributed by atoms with Gasteiger partial charge in [-0.15, -0.1) is 0 Å². The molecule has 0 aliphatic heterocycles. The second-order valence-corrected chi connectivity index (χ2v) is 6.83. The van der Waals surface area contributed by atoms with E-state index in [1.165, 1.54) is 17.4 Å². The van der Waals surface area contributed by atoms with Crippen LogP contribution in [0.4, 0.5) is 0 Å². The third kappa shape index (κ3) is 4.09. The fourth-order valence-corrected chi connectivity index (χ4v) is 3.18. The molecule has 3 heterocycles. The summed E-state index contributed by atoms with van der Waals surface area (Å²) in [6.07, 6.45) is 5.17. The molecule has 5 heteroatoms. The van der Waals surface area contributed by atoms with E-state index in [1.807, 2.05) is 30.5 Å². The van der Waals surface area contributed by atoms with E-state index >= 15 is 0 Å². The first-order chi connectivity index (χ1) is 13.7. The summed E-state index contributed by atoms with van der Waals surface area (Å²) >= 11 is 0. The van der Waals surface area contributed by atoms with Gasteiger partial charge >= 0.3 is 0 Å². The highest BCUT2D eigenvalue weighted by molar-refractivity contribution is 5.91. The first-order valence-electron chi connectivity index (χ1n) is 9.24. The van der Waals surface area contributed by atoms with Gasteiger partial charge in [0, 0.05) is 18.4 Å². The first-order valence-corrected chi connectivity index (χ1v) is 9.24. The predicted octanol–water partition coefficient (Wildman–Crippen LogP) is 4.87. The maximum Gasteiger partial charge on any atom is 0.290 e. The Labute approximate surface area is 163 Å². The minimum atomic E-state index is -0.163. The molecule has 1 amide bonds. The minimum absolute atomic E-state index is 0.163. The molecule has 0 radical (unpaired) electrons. The number of hydrogen-bond acceptors (Lipinski definition) is 3. The van der Waals surface area contributed by atoms with Crippen molar-refractivity contribution in [2.75, 3.05) is 0 Å². The van der Waals surface area contributed by atoms with Crippen molar-refractivity contribution in [1.29, 1.82) is 0 Å². The van der Waals surface area contributed by atoms with Crippen LogP contribution in [-0.4, -0.2) is 15.4 Å². The number of amides is 1. The zero-order valence-corrected chi connectivity index (χ0v) is 15.7. The quantitative estimate of drug-likeness (QED) is 0.464. The Bertz CT molecular complexity index is 1010. The number of aryl methyl sites for hydroxylation is 1. The third-order valence-electron chi connectivity index (χ3n) is 4.70. The summed E-state index contributed by atoms with van der Waals surface area (Å²) in [5.74, 6) is 0.893. The molecule has 0 atom stereocenters. The Morgan fingerprint density at radius 3 is 2.43 bits per heavy atom. The number of benzene rings is 1. The van der Waals surface area contributed by atoms with Gasteiger partial charge in [-0.2, -0.15) is 0 Å². The van der Waals surface area contributed by atoms with Crippen molar-refractivity contribution in [2.24, 2.45) is 0 Å². The van der Waals surface area contributed by atoms with Crippen LogP contribution in [0.25, 0.3) is 0 Å². The summed E-state index contributed by atoms with van der Waals surface area (Å²) in [6.45, 7) is 3.67. The third-order valence-corrected chi connectivity index (χ3v) is 4.70. The number of carbonyl (C=O) groups excluding carboxylic acids is 1. The molecule has 0 spiro atoms. The maximum atomic E-state index is 12.9. The van der Waals surface area contributed by atoms with Crippen LogP contribution in [0, 0.1) is 6.92 Å². The lowest BCUT2D eigenvalue weighted by atomic mass is 10.1. The molecule has 0 bridgehead atoms. The SMILES string of the molecule is Cc1ccc(Cn2cccc2CN(Cc2ccco2)C(=O)c2ccco2)cc1. The molecule has 0 aliphatic rings. The van der Waals surface area contributed by atoms with Crippen LogP contribution < -0.4 is 0 Å². The van der Waals surface area contributed by atoms with E-state index in [2.05, 4.69) is 35.8 Å². The molecule has 0 saturated heterocycles. The molecule has 142 valence electrons. The Morgan fingerprint density at radius 2 is 1.71 bits per heavy atom. The van der Waals surface area contributed by atoms with Crippen LogP contribution in [0.2, 0.25) is 0 Å². The van der Waals surface area contributed by atoms with Crippen LogP contribution in [0.1, 0.15) is 33.1 Å². The molecule has 5 nitrogen and oxygen atoms in total. The number of carbonyl (C=O) groups is 1. The predicted molar refractivity (Wildman–Crippen MR) is 106 cm³/mol. The topological polar surface area (TPSA) is 51.5 Å². The first kappa shape index (κ1) is 17.9. The van der Waals surface area contributed by atoms with Crippen molar-refractivity contribution in [2.45, 2.75) is 26.6 Å². The highest BCUT2D eigenvalue weighted by atomic mass is 16.3. The van der Waals surface area contributed by atoms with Gasteiger partial charge in [0.2, 0.25) is 0 Å². The Hall–Kier alpha value is -3.47. The average Bonchev–Trinajstić information content (AvgIpc) is 3.46. The van der Waals surface area contributed by atoms with Crippen molar-refractivity contribution in [3.05, 3.63) is 108 Å². The molecule has 0 unspecified atom stereocenters. The zero-order valence-electron chi connectivity index (χ0n) is 15.7. The Balaban J connectivity index is 1.56. The monoisotopic (exact) mass is 374 g/mol. The zero-order chi connectivity index (χ0) is 19.3. The van der Waals surface area contributed by atoms with Gasteiger partial charge in [0.25, 0.3) is 5.91 Å². The van der Waals surface area contributed by atoms with E-state index < -0.39 is 0 Å². The molecule has 4 aromatic rings. The molecule has 0 N–H and O–H groups in total. The van der Waals surface area contributed by atoms with Gasteiger partial charge in [-0.25, -0.2) is 0 Å². The second-order valence-electron chi connectivity index (χ2n) is 6.83. The highest BCUT2D eigenvalue weighted by Gasteiger charge is 2.21. The highest BCUT2D eigenvalue weighted by Crippen LogP contribution is 2.17. The van der Waals surface area contributed by atoms with Crippen LogP contribution in [0.5, 0.6) is 0 Å². The maximum absolute atomic E-state index is 12.9. The molecule has 0 saturated carbocycles. The van der Waals surface area contributed by atoms with Crippen LogP contribution in [0.15, 0.2) is 88.2 Å². The lowest BCUT2D eigenvalue weighted by molar-refractivity contribution is 0.0681. The van der Waals surface area contributed by atoms with Gasteiger partial charge in [0.15, 0.2) is 5.76 Å². The summed E-state index contributed by atoms with van der Waals surface area (Å²) in [7, 11) is 0. The standard InChI is InChI=1S/C23H22N2O3/c1-18-8-10-19(11-9-18)15-24-12-2-5-20(24)16-25(17-21-6-3-13-27-21)23(26)22-7-4-14-28-22/h2-14H,15-17H2,1H3. The fourth-order valence-electron chi connectivity index (χ4n) is 3.18. The van der Waals surface area contributed by atoms with E-state index in [-0.39, 0.29) is 5.91 Å². The molecule has 1 aromatic carbocycles. The normalized spacial score (nSPS) is 10.9. The summed E-state index contributed by atoms with van der Waals surface area (Å²) in [4.78, 5) is 14.7. The number of hydrogen-bond donors (Lipinski definition) is 0. The summed E-state index contributed by atoms with van der Waals surface area (Å²) < 4.78 is 12.9. The summed E-state index contributed by atoms with van der Waals surface area (Å²) in [6, 6.07) is 19.6. The number of nitrogens with zero attached hydrogens (tertiary/aromatic N) is 2. The van der Waals surface area contributed by atoms with E-state index in [0.29, 0.717) is 18.8 Å². The number of aromatic nitrogens is 1. The van der Waals surface area contributed by atoms with Crippen molar-refractivity contribution in [3.63, 3.8) is 0 Å². The molecular weight excluding hydrogens is 352 g/mol. The van der Waals surface area contributed by atoms with E-state index in [1.54, 1.807) is 23.3 Å². The Morgan fingerprint density at radius 1 is 0.929 bits per heavy atom. The van der Waals surface area contributed by atoms with E-state index in [9.17, 15) is 4.79 Å². The van der Waals surface area contributed by atoms with Crippen molar-refractivity contribution in [3.8, 4) is 0 Å². The van der Waals surface area contributed by atoms with Gasteiger partial charge in [0.1, 0.15) is 5.76 Å². The van der Waals surface area contributed by atoms with E-state index in [4.69, 9.17) is 8.83 Å². The smallest absolute Gasteiger partial charge is 0.290 e. The van der Waals surface area contributed by atoms with Crippen LogP contribution in [-0.2, 0) is 19.6 Å². The Kier molecular flexibility index (Phi) is 5.15. The van der Waals surface area contributed by atoms with Gasteiger partial charge in [-0.3, -0.25) is 4.79 Å². The molecule has 28 heavy (non-hydrogen) atoms.